The monoisotopic (exact) mass is 593 g/mol. The van der Waals surface area contributed by atoms with Crippen molar-refractivity contribution in [1.29, 1.82) is 0 Å². The number of hydrogen-bond donors (Lipinski definition) is 3. The van der Waals surface area contributed by atoms with E-state index >= 15 is 0 Å². The number of hydrogen-bond acceptors (Lipinski definition) is 8. The van der Waals surface area contributed by atoms with Crippen molar-refractivity contribution in [1.82, 2.24) is 10.6 Å². The second-order valence-corrected chi connectivity index (χ2v) is 10.5. The van der Waals surface area contributed by atoms with Crippen LogP contribution in [-0.4, -0.2) is 61.7 Å². The van der Waals surface area contributed by atoms with Gasteiger partial charge >= 0.3 is 12.2 Å². The lowest BCUT2D eigenvalue weighted by Crippen LogP contribution is -2.33. The van der Waals surface area contributed by atoms with Gasteiger partial charge in [0.2, 0.25) is 0 Å². The topological polar surface area (TPSA) is 144 Å². The van der Waals surface area contributed by atoms with Gasteiger partial charge in [0.15, 0.2) is 0 Å². The van der Waals surface area contributed by atoms with Crippen LogP contribution in [0.3, 0.4) is 0 Å². The molecule has 0 spiro atoms. The summed E-state index contributed by atoms with van der Waals surface area (Å²) in [7, 11) is 0. The maximum Gasteiger partial charge on any atom is 0.408 e. The van der Waals surface area contributed by atoms with Gasteiger partial charge in [0.25, 0.3) is 0 Å². The Bertz CT molecular complexity index is 816. The van der Waals surface area contributed by atoms with Crippen molar-refractivity contribution < 1.29 is 23.9 Å². The zero-order chi connectivity index (χ0) is 28.2. The van der Waals surface area contributed by atoms with E-state index in [1.165, 1.54) is 11.1 Å². The quantitative estimate of drug-likeness (QED) is 0.219. The second kappa shape index (κ2) is 23.5. The second-order valence-electron chi connectivity index (χ2n) is 10.5. The van der Waals surface area contributed by atoms with E-state index in [1.54, 1.807) is 20.8 Å². The Morgan fingerprint density at radius 1 is 0.846 bits per heavy atom. The van der Waals surface area contributed by atoms with E-state index in [-0.39, 0.29) is 37.5 Å². The molecule has 2 rings (SSSR count). The first-order valence-corrected chi connectivity index (χ1v) is 12.8. The lowest BCUT2D eigenvalue weighted by atomic mass is 10.1. The van der Waals surface area contributed by atoms with Crippen molar-refractivity contribution in [3.8, 4) is 0 Å². The van der Waals surface area contributed by atoms with Crippen LogP contribution in [0.1, 0.15) is 86.5 Å². The molecule has 0 atom stereocenters. The summed E-state index contributed by atoms with van der Waals surface area (Å²) >= 11 is 0. The standard InChI is InChI=1S/C14H24N2O2.C7H13NO3.C6H10N2.2ClH/c1-14(2,3)18-13(17)16-9-6-4-5-7-12-8-10-15-11-12;1-7(2,3)11-6(10)8-4-5-9;7-3-1-6-2-4-8-5-6;;/h10-11H,4-9H2,1-3H3,(H,16,17);5H,4H2,1-3H3,(H,8,10);4-5H,1-3,7H2;2*1H. The van der Waals surface area contributed by atoms with Crippen LogP contribution in [-0.2, 0) is 14.3 Å². The predicted octanol–water partition coefficient (Wildman–Crippen LogP) is 5.68. The molecule has 0 saturated heterocycles. The van der Waals surface area contributed by atoms with Gasteiger partial charge in [-0.15, -0.1) is 24.8 Å². The van der Waals surface area contributed by atoms with Crippen molar-refractivity contribution in [2.75, 3.05) is 19.6 Å². The van der Waals surface area contributed by atoms with Crippen LogP contribution in [0.15, 0.2) is 33.5 Å². The first kappa shape index (κ1) is 41.1. The molecule has 0 unspecified atom stereocenters. The number of alkyl carbamates (subject to hydrolysis) is 2. The summed E-state index contributed by atoms with van der Waals surface area (Å²) in [4.78, 5) is 39.9. The van der Waals surface area contributed by atoms with Crippen LogP contribution >= 0.6 is 24.8 Å². The summed E-state index contributed by atoms with van der Waals surface area (Å²) in [6.07, 6.45) is 14.8. The summed E-state index contributed by atoms with van der Waals surface area (Å²) in [6.45, 7) is 12.3. The number of aliphatic imine (C=N–C) groups is 2. The van der Waals surface area contributed by atoms with E-state index in [0.717, 1.165) is 51.5 Å². The van der Waals surface area contributed by atoms with Gasteiger partial charge in [-0.05, 0) is 84.9 Å². The molecule has 226 valence electrons. The number of amides is 2. The minimum absolute atomic E-state index is 0. The van der Waals surface area contributed by atoms with E-state index in [2.05, 4.69) is 20.6 Å². The van der Waals surface area contributed by atoms with Crippen molar-refractivity contribution in [2.45, 2.75) is 97.7 Å². The number of allylic oxidation sites excluding steroid dienone is 1. The van der Waals surface area contributed by atoms with E-state index in [0.29, 0.717) is 12.8 Å². The number of nitrogens with two attached hydrogens (primary N) is 1. The van der Waals surface area contributed by atoms with Crippen LogP contribution in [0.5, 0.6) is 0 Å². The molecule has 0 bridgehead atoms. The number of unbranched alkanes of at least 4 members (excludes halogenated alkanes) is 2. The molecule has 2 amide bonds. The first-order valence-electron chi connectivity index (χ1n) is 12.8. The molecule has 0 aliphatic carbocycles. The van der Waals surface area contributed by atoms with Crippen molar-refractivity contribution in [2.24, 2.45) is 15.7 Å². The minimum Gasteiger partial charge on any atom is -0.444 e. The van der Waals surface area contributed by atoms with Crippen LogP contribution in [0.25, 0.3) is 0 Å². The molecule has 0 aromatic rings. The highest BCUT2D eigenvalue weighted by Gasteiger charge is 2.16. The highest BCUT2D eigenvalue weighted by atomic mass is 35.5. The average molecular weight is 595 g/mol. The third-order valence-electron chi connectivity index (χ3n) is 4.47. The molecule has 2 heterocycles. The zero-order valence-corrected chi connectivity index (χ0v) is 25.9. The van der Waals surface area contributed by atoms with Crippen molar-refractivity contribution in [3.05, 3.63) is 23.5 Å². The van der Waals surface area contributed by atoms with E-state index in [4.69, 9.17) is 15.2 Å². The van der Waals surface area contributed by atoms with E-state index in [9.17, 15) is 14.4 Å². The molecule has 12 heteroatoms. The third kappa shape index (κ3) is 28.4. The van der Waals surface area contributed by atoms with Crippen molar-refractivity contribution >= 4 is 55.7 Å². The van der Waals surface area contributed by atoms with Gasteiger partial charge < -0.3 is 30.6 Å². The molecule has 10 nitrogen and oxygen atoms in total. The van der Waals surface area contributed by atoms with Gasteiger partial charge in [0, 0.05) is 44.2 Å². The van der Waals surface area contributed by atoms with Gasteiger partial charge in [-0.3, -0.25) is 9.98 Å². The number of nitrogens with one attached hydrogen (secondary N) is 2. The Morgan fingerprint density at radius 3 is 1.74 bits per heavy atom. The predicted molar refractivity (Wildman–Crippen MR) is 164 cm³/mol. The first-order chi connectivity index (χ1) is 17.4. The Kier molecular flexibility index (Phi) is 24.7. The Labute approximate surface area is 246 Å². The van der Waals surface area contributed by atoms with Crippen LogP contribution in [0, 0.1) is 0 Å². The molecule has 0 aromatic carbocycles. The summed E-state index contributed by atoms with van der Waals surface area (Å²) in [5.74, 6) is 0. The number of ether oxygens (including phenoxy) is 2. The number of halogens is 2. The normalized spacial score (nSPS) is 13.1. The molecule has 4 N–H and O–H groups in total. The molecule has 0 radical (unpaired) electrons. The lowest BCUT2D eigenvalue weighted by molar-refractivity contribution is -0.107. The fraction of sp³-hybridized carbons (Fsp3) is 0.667. The molecule has 0 saturated carbocycles. The zero-order valence-electron chi connectivity index (χ0n) is 24.3. The maximum atomic E-state index is 11.3. The molecule has 2 aliphatic rings. The van der Waals surface area contributed by atoms with Crippen LogP contribution in [0.4, 0.5) is 9.59 Å². The largest absolute Gasteiger partial charge is 0.444 e. The maximum absolute atomic E-state index is 11.3. The summed E-state index contributed by atoms with van der Waals surface area (Å²) in [5, 5.41) is 5.03. The third-order valence-corrected chi connectivity index (χ3v) is 4.47. The summed E-state index contributed by atoms with van der Waals surface area (Å²) < 4.78 is 9.98. The number of rotatable bonds is 10. The molecular weight excluding hydrogens is 545 g/mol. The van der Waals surface area contributed by atoms with Crippen LogP contribution in [0.2, 0.25) is 0 Å². The Balaban J connectivity index is -0.000000530. The highest BCUT2D eigenvalue weighted by molar-refractivity contribution is 5.85. The van der Waals surface area contributed by atoms with Crippen LogP contribution < -0.4 is 16.4 Å². The van der Waals surface area contributed by atoms with E-state index < -0.39 is 17.3 Å². The van der Waals surface area contributed by atoms with Gasteiger partial charge in [0.05, 0.1) is 6.54 Å². The molecular formula is C27H49Cl2N5O5. The number of aldehydes is 1. The molecule has 0 aromatic heterocycles. The van der Waals surface area contributed by atoms with Gasteiger partial charge in [-0.2, -0.15) is 0 Å². The highest BCUT2D eigenvalue weighted by Crippen LogP contribution is 2.15. The van der Waals surface area contributed by atoms with Crippen molar-refractivity contribution in [3.63, 3.8) is 0 Å². The Hall–Kier alpha value is -2.43. The average Bonchev–Trinajstić information content (AvgIpc) is 3.48. The molecule has 0 fully saturated rings. The van der Waals surface area contributed by atoms with E-state index in [1.807, 2.05) is 45.6 Å². The lowest BCUT2D eigenvalue weighted by Gasteiger charge is -2.19. The molecule has 39 heavy (non-hydrogen) atoms. The van der Waals surface area contributed by atoms with Gasteiger partial charge in [0.1, 0.15) is 17.5 Å². The SMILES string of the molecule is CC(C)(C)OC(=O)NCC=O.CC(C)(C)OC(=O)NCCCCCC1=CN=CC1.Cl.Cl.NCCC1=CN=CC1. The summed E-state index contributed by atoms with van der Waals surface area (Å²) in [6, 6.07) is 0. The van der Waals surface area contributed by atoms with Gasteiger partial charge in [-0.25, -0.2) is 9.59 Å². The molecule has 2 aliphatic heterocycles. The smallest absolute Gasteiger partial charge is 0.408 e. The number of carbonyl (C=O) groups excluding carboxylic acids is 3. The fourth-order valence-corrected chi connectivity index (χ4v) is 2.88. The Morgan fingerprint density at radius 2 is 1.33 bits per heavy atom. The minimum atomic E-state index is -0.565. The number of carbonyl (C=O) groups is 3. The fourth-order valence-electron chi connectivity index (χ4n) is 2.88. The van der Waals surface area contributed by atoms with Gasteiger partial charge in [-0.1, -0.05) is 6.42 Å². The summed E-state index contributed by atoms with van der Waals surface area (Å²) in [5.41, 5.74) is 7.15. The number of nitrogens with zero attached hydrogens (tertiary/aromatic N) is 2.